The third-order valence-electron chi connectivity index (χ3n) is 2.71. The molecule has 1 aromatic carbocycles. The van der Waals surface area contributed by atoms with Crippen LogP contribution in [0.4, 0.5) is 13.2 Å². The van der Waals surface area contributed by atoms with E-state index in [9.17, 15) is 22.8 Å². The quantitative estimate of drug-likeness (QED) is 0.685. The van der Waals surface area contributed by atoms with Gasteiger partial charge in [-0.25, -0.2) is 4.79 Å². The Kier molecular flexibility index (Phi) is 5.12. The zero-order valence-corrected chi connectivity index (χ0v) is 11.5. The molecule has 0 saturated carbocycles. The summed E-state index contributed by atoms with van der Waals surface area (Å²) in [6, 6.07) is 5.44. The van der Waals surface area contributed by atoms with Crippen LogP contribution < -0.4 is 5.73 Å². The molecule has 7 heteroatoms. The van der Waals surface area contributed by atoms with E-state index in [1.807, 2.05) is 0 Å². The van der Waals surface area contributed by atoms with Crippen molar-refractivity contribution in [3.63, 3.8) is 0 Å². The van der Waals surface area contributed by atoms with Gasteiger partial charge >= 0.3 is 12.1 Å². The molecule has 1 rings (SSSR count). The van der Waals surface area contributed by atoms with Gasteiger partial charge < -0.3 is 10.5 Å². The maximum Gasteiger partial charge on any atom is 0.454 e. The molecule has 0 fully saturated rings. The molecular formula is C14H14F3NO3. The Morgan fingerprint density at radius 3 is 2.05 bits per heavy atom. The van der Waals surface area contributed by atoms with E-state index in [2.05, 4.69) is 0 Å². The topological polar surface area (TPSA) is 69.4 Å². The Hall–Kier alpha value is -2.31. The number of ketones is 1. The molecule has 0 saturated heterocycles. The van der Waals surface area contributed by atoms with E-state index in [0.29, 0.717) is 0 Å². The van der Waals surface area contributed by atoms with Crippen LogP contribution in [0.15, 0.2) is 29.8 Å². The fraction of sp³-hybridized carbons (Fsp3) is 0.286. The van der Waals surface area contributed by atoms with Gasteiger partial charge in [-0.2, -0.15) is 13.2 Å². The number of esters is 1. The Morgan fingerprint density at radius 1 is 1.14 bits per heavy atom. The molecule has 0 unspecified atom stereocenters. The lowest BCUT2D eigenvalue weighted by Gasteiger charge is -2.10. The highest BCUT2D eigenvalue weighted by molar-refractivity contribution is 6.05. The predicted octanol–water partition coefficient (Wildman–Crippen LogP) is 2.68. The maximum absolute atomic E-state index is 12.3. The fourth-order valence-electron chi connectivity index (χ4n) is 1.55. The highest BCUT2D eigenvalue weighted by Crippen LogP contribution is 2.24. The summed E-state index contributed by atoms with van der Waals surface area (Å²) in [7, 11) is 0. The van der Waals surface area contributed by atoms with Crippen LogP contribution in [0.2, 0.25) is 0 Å². The van der Waals surface area contributed by atoms with Crippen molar-refractivity contribution in [3.8, 4) is 0 Å². The van der Waals surface area contributed by atoms with Crippen LogP contribution in [0.1, 0.15) is 29.8 Å². The van der Waals surface area contributed by atoms with Crippen molar-refractivity contribution in [2.45, 2.75) is 20.0 Å². The van der Waals surface area contributed by atoms with Gasteiger partial charge in [0, 0.05) is 11.3 Å². The van der Waals surface area contributed by atoms with Gasteiger partial charge in [0.25, 0.3) is 5.78 Å². The van der Waals surface area contributed by atoms with Gasteiger partial charge in [-0.3, -0.25) is 4.79 Å². The largest absolute Gasteiger partial charge is 0.462 e. The summed E-state index contributed by atoms with van der Waals surface area (Å²) < 4.78 is 41.8. The first kappa shape index (κ1) is 16.7. The van der Waals surface area contributed by atoms with Gasteiger partial charge in [0.15, 0.2) is 0 Å². The molecule has 0 heterocycles. The molecule has 0 bridgehead atoms. The molecule has 0 aliphatic carbocycles. The molecule has 0 spiro atoms. The zero-order chi connectivity index (χ0) is 16.2. The van der Waals surface area contributed by atoms with Gasteiger partial charge in [-0.15, -0.1) is 0 Å². The Bertz CT molecular complexity index is 574. The number of carbonyl (C=O) groups excluding carboxylic acids is 2. The Morgan fingerprint density at radius 2 is 1.62 bits per heavy atom. The summed E-state index contributed by atoms with van der Waals surface area (Å²) in [5.74, 6) is -2.54. The minimum Gasteiger partial charge on any atom is -0.462 e. The minimum atomic E-state index is -4.97. The number of benzene rings is 1. The van der Waals surface area contributed by atoms with Crippen molar-refractivity contribution in [3.05, 3.63) is 41.0 Å². The van der Waals surface area contributed by atoms with E-state index in [0.717, 1.165) is 6.92 Å². The van der Waals surface area contributed by atoms with E-state index in [1.54, 1.807) is 6.92 Å². The van der Waals surface area contributed by atoms with Crippen LogP contribution in [-0.4, -0.2) is 24.5 Å². The smallest absolute Gasteiger partial charge is 0.454 e. The van der Waals surface area contributed by atoms with E-state index in [4.69, 9.17) is 10.5 Å². The molecule has 114 valence electrons. The molecule has 0 atom stereocenters. The monoisotopic (exact) mass is 301 g/mol. The second kappa shape index (κ2) is 6.43. The molecule has 0 aliphatic rings. The van der Waals surface area contributed by atoms with Gasteiger partial charge in [-0.05, 0) is 31.5 Å². The third-order valence-corrected chi connectivity index (χ3v) is 2.71. The molecule has 1 aromatic rings. The van der Waals surface area contributed by atoms with E-state index < -0.39 is 23.5 Å². The Labute approximate surface area is 119 Å². The van der Waals surface area contributed by atoms with Crippen LogP contribution >= 0.6 is 0 Å². The van der Waals surface area contributed by atoms with Crippen molar-refractivity contribution in [1.29, 1.82) is 0 Å². The number of rotatable bonds is 4. The molecule has 0 amide bonds. The highest BCUT2D eigenvalue weighted by Gasteiger charge is 2.40. The van der Waals surface area contributed by atoms with E-state index in [1.165, 1.54) is 24.3 Å². The summed E-state index contributed by atoms with van der Waals surface area (Å²) in [6.07, 6.45) is -4.97. The van der Waals surface area contributed by atoms with Gasteiger partial charge in [0.05, 0.1) is 12.2 Å². The standard InChI is InChI=1S/C14H14F3NO3/c1-3-21-13(20)10-6-4-9(5-7-10)11(18)8(2)12(19)14(15,16)17/h4-7H,3,18H2,1-2H3. The first-order chi connectivity index (χ1) is 9.68. The normalized spacial score (nSPS) is 12.6. The number of hydrogen-bond donors (Lipinski definition) is 1. The lowest BCUT2D eigenvalue weighted by Crippen LogP contribution is -2.25. The van der Waals surface area contributed by atoms with Crippen LogP contribution in [-0.2, 0) is 9.53 Å². The number of Topliss-reactive ketones (excluding diaryl/α,β-unsaturated/α-hetero) is 1. The molecule has 21 heavy (non-hydrogen) atoms. The summed E-state index contributed by atoms with van der Waals surface area (Å²) >= 11 is 0. The van der Waals surface area contributed by atoms with Crippen LogP contribution in [0, 0.1) is 0 Å². The second-order valence-electron chi connectivity index (χ2n) is 4.16. The molecule has 2 N–H and O–H groups in total. The Balaban J connectivity index is 3.06. The molecule has 0 aromatic heterocycles. The average molecular weight is 301 g/mol. The van der Waals surface area contributed by atoms with Gasteiger partial charge in [-0.1, -0.05) is 12.1 Å². The summed E-state index contributed by atoms with van der Waals surface area (Å²) in [5, 5.41) is 0. The van der Waals surface area contributed by atoms with E-state index >= 15 is 0 Å². The first-order valence-electron chi connectivity index (χ1n) is 6.04. The predicted molar refractivity (Wildman–Crippen MR) is 70.2 cm³/mol. The van der Waals surface area contributed by atoms with Crippen LogP contribution in [0.25, 0.3) is 5.70 Å². The average Bonchev–Trinajstić information content (AvgIpc) is 2.44. The number of hydrogen-bond acceptors (Lipinski definition) is 4. The van der Waals surface area contributed by atoms with Gasteiger partial charge in [0.1, 0.15) is 0 Å². The van der Waals surface area contributed by atoms with Crippen molar-refractivity contribution in [2.24, 2.45) is 5.73 Å². The van der Waals surface area contributed by atoms with Crippen LogP contribution in [0.5, 0.6) is 0 Å². The molecular weight excluding hydrogens is 287 g/mol. The summed E-state index contributed by atoms with van der Waals surface area (Å²) in [5.41, 5.74) is 5.15. The molecule has 4 nitrogen and oxygen atoms in total. The number of halogens is 3. The van der Waals surface area contributed by atoms with Crippen molar-refractivity contribution in [1.82, 2.24) is 0 Å². The van der Waals surface area contributed by atoms with E-state index in [-0.39, 0.29) is 23.4 Å². The molecule has 0 aliphatic heterocycles. The lowest BCUT2D eigenvalue weighted by molar-refractivity contribution is -0.166. The van der Waals surface area contributed by atoms with Crippen molar-refractivity contribution in [2.75, 3.05) is 6.61 Å². The number of allylic oxidation sites excluding steroid dienone is 1. The highest BCUT2D eigenvalue weighted by atomic mass is 19.4. The van der Waals surface area contributed by atoms with Gasteiger partial charge in [0.2, 0.25) is 0 Å². The number of ether oxygens (including phenoxy) is 1. The minimum absolute atomic E-state index is 0.210. The third kappa shape index (κ3) is 4.08. The lowest BCUT2D eigenvalue weighted by atomic mass is 10.0. The summed E-state index contributed by atoms with van der Waals surface area (Å²) in [6.45, 7) is 2.87. The maximum atomic E-state index is 12.3. The SMILES string of the molecule is CCOC(=O)c1ccc(C(N)=C(C)C(=O)C(F)(F)F)cc1. The molecule has 0 radical (unpaired) electrons. The number of carbonyl (C=O) groups is 2. The number of alkyl halides is 3. The zero-order valence-electron chi connectivity index (χ0n) is 11.5. The van der Waals surface area contributed by atoms with Crippen LogP contribution in [0.3, 0.4) is 0 Å². The summed E-state index contributed by atoms with van der Waals surface area (Å²) in [4.78, 5) is 22.5. The van der Waals surface area contributed by atoms with Crippen molar-refractivity contribution < 1.29 is 27.5 Å². The first-order valence-corrected chi connectivity index (χ1v) is 6.04. The van der Waals surface area contributed by atoms with Crippen molar-refractivity contribution >= 4 is 17.4 Å². The number of nitrogens with two attached hydrogens (primary N) is 1. The second-order valence-corrected chi connectivity index (χ2v) is 4.16. The fourth-order valence-corrected chi connectivity index (χ4v) is 1.55.